The second-order valence-electron chi connectivity index (χ2n) is 7.24. The Morgan fingerprint density at radius 1 is 1.20 bits per heavy atom. The number of carbonyl (C=O) groups excluding carboxylic acids is 1. The standard InChI is InChI=1S/C23H25FN4OS/c1-6-11-28-21(18-7-9-19(24)10-8-18)26-27-23(28)30-17(5)22(29)25-20-15(3)12-14(2)13-16(20)4/h6-10,12-13,17H,1,11H2,2-5H3,(H,25,29)/t17-/m1/s1. The Morgan fingerprint density at radius 2 is 1.83 bits per heavy atom. The third kappa shape index (κ3) is 4.79. The molecule has 3 aromatic rings. The van der Waals surface area contributed by atoms with Crippen molar-refractivity contribution in [3.05, 3.63) is 71.6 Å². The monoisotopic (exact) mass is 424 g/mol. The molecule has 1 heterocycles. The molecule has 1 N–H and O–H groups in total. The minimum atomic E-state index is -0.390. The van der Waals surface area contributed by atoms with Gasteiger partial charge in [0, 0.05) is 17.8 Å². The molecule has 0 saturated carbocycles. The van der Waals surface area contributed by atoms with Crippen LogP contribution in [0.15, 0.2) is 54.2 Å². The topological polar surface area (TPSA) is 59.8 Å². The van der Waals surface area contributed by atoms with Gasteiger partial charge in [-0.25, -0.2) is 4.39 Å². The smallest absolute Gasteiger partial charge is 0.237 e. The van der Waals surface area contributed by atoms with E-state index in [0.29, 0.717) is 17.5 Å². The van der Waals surface area contributed by atoms with Crippen LogP contribution >= 0.6 is 11.8 Å². The summed E-state index contributed by atoms with van der Waals surface area (Å²) in [4.78, 5) is 12.8. The Bertz CT molecular complexity index is 1050. The molecule has 0 saturated heterocycles. The van der Waals surface area contributed by atoms with Crippen molar-refractivity contribution in [2.24, 2.45) is 0 Å². The Labute approximate surface area is 180 Å². The van der Waals surface area contributed by atoms with Gasteiger partial charge in [-0.2, -0.15) is 0 Å². The predicted octanol–water partition coefficient (Wildman–Crippen LogP) is 5.31. The summed E-state index contributed by atoms with van der Waals surface area (Å²) in [5.74, 6) is 0.192. The van der Waals surface area contributed by atoms with Gasteiger partial charge < -0.3 is 5.32 Å². The van der Waals surface area contributed by atoms with Crippen molar-refractivity contribution in [1.29, 1.82) is 0 Å². The maximum atomic E-state index is 13.3. The summed E-state index contributed by atoms with van der Waals surface area (Å²) in [5.41, 5.74) is 4.83. The van der Waals surface area contributed by atoms with E-state index in [1.807, 2.05) is 32.3 Å². The minimum Gasteiger partial charge on any atom is -0.325 e. The fraction of sp³-hybridized carbons (Fsp3) is 0.261. The number of thioether (sulfide) groups is 1. The highest BCUT2D eigenvalue weighted by atomic mass is 32.2. The summed E-state index contributed by atoms with van der Waals surface area (Å²) in [5, 5.41) is 11.8. The molecule has 0 aliphatic rings. The fourth-order valence-corrected chi connectivity index (χ4v) is 4.15. The summed E-state index contributed by atoms with van der Waals surface area (Å²) >= 11 is 1.33. The lowest BCUT2D eigenvalue weighted by atomic mass is 10.1. The number of rotatable bonds is 7. The van der Waals surface area contributed by atoms with E-state index >= 15 is 0 Å². The van der Waals surface area contributed by atoms with Gasteiger partial charge in [0.15, 0.2) is 11.0 Å². The third-order valence-electron chi connectivity index (χ3n) is 4.71. The van der Waals surface area contributed by atoms with Gasteiger partial charge in [0.05, 0.1) is 5.25 Å². The molecule has 1 amide bonds. The number of anilines is 1. The maximum Gasteiger partial charge on any atom is 0.237 e. The van der Waals surface area contributed by atoms with Crippen LogP contribution in [0.2, 0.25) is 0 Å². The average Bonchev–Trinajstić information content (AvgIpc) is 3.07. The number of amides is 1. The molecule has 0 radical (unpaired) electrons. The van der Waals surface area contributed by atoms with Crippen molar-refractivity contribution in [3.63, 3.8) is 0 Å². The van der Waals surface area contributed by atoms with Gasteiger partial charge in [-0.15, -0.1) is 16.8 Å². The normalized spacial score (nSPS) is 11.9. The van der Waals surface area contributed by atoms with Gasteiger partial charge in [0.2, 0.25) is 5.91 Å². The van der Waals surface area contributed by atoms with E-state index in [-0.39, 0.29) is 17.0 Å². The zero-order valence-electron chi connectivity index (χ0n) is 17.6. The van der Waals surface area contributed by atoms with Gasteiger partial charge in [-0.3, -0.25) is 9.36 Å². The number of carbonyl (C=O) groups is 1. The van der Waals surface area contributed by atoms with E-state index in [0.717, 1.165) is 27.9 Å². The number of benzene rings is 2. The summed E-state index contributed by atoms with van der Waals surface area (Å²) in [6, 6.07) is 10.2. The fourth-order valence-electron chi connectivity index (χ4n) is 3.30. The number of halogens is 1. The van der Waals surface area contributed by atoms with Gasteiger partial charge in [-0.1, -0.05) is 35.5 Å². The van der Waals surface area contributed by atoms with Crippen LogP contribution < -0.4 is 5.32 Å². The molecule has 7 heteroatoms. The molecule has 156 valence electrons. The van der Waals surface area contributed by atoms with Crippen LogP contribution in [0, 0.1) is 26.6 Å². The first kappa shape index (κ1) is 21.8. The molecule has 3 rings (SSSR count). The van der Waals surface area contributed by atoms with E-state index in [2.05, 4.69) is 34.2 Å². The minimum absolute atomic E-state index is 0.105. The molecule has 0 spiro atoms. The van der Waals surface area contributed by atoms with Crippen LogP contribution in [0.5, 0.6) is 0 Å². The van der Waals surface area contributed by atoms with Gasteiger partial charge in [0.25, 0.3) is 0 Å². The van der Waals surface area contributed by atoms with Crippen molar-refractivity contribution >= 4 is 23.4 Å². The van der Waals surface area contributed by atoms with Gasteiger partial charge in [0.1, 0.15) is 5.82 Å². The van der Waals surface area contributed by atoms with Crippen molar-refractivity contribution < 1.29 is 9.18 Å². The lowest BCUT2D eigenvalue weighted by Gasteiger charge is -2.16. The highest BCUT2D eigenvalue weighted by molar-refractivity contribution is 8.00. The van der Waals surface area contributed by atoms with Crippen LogP contribution in [-0.4, -0.2) is 25.9 Å². The number of hydrogen-bond acceptors (Lipinski definition) is 4. The molecule has 30 heavy (non-hydrogen) atoms. The largest absolute Gasteiger partial charge is 0.325 e. The Kier molecular flexibility index (Phi) is 6.72. The first-order valence-corrected chi connectivity index (χ1v) is 10.5. The zero-order chi connectivity index (χ0) is 21.8. The van der Waals surface area contributed by atoms with Crippen molar-refractivity contribution in [1.82, 2.24) is 14.8 Å². The Hall–Kier alpha value is -2.93. The lowest BCUT2D eigenvalue weighted by Crippen LogP contribution is -2.24. The SMILES string of the molecule is C=CCn1c(S[C@H](C)C(=O)Nc2c(C)cc(C)cc2C)nnc1-c1ccc(F)cc1. The molecular formula is C23H25FN4OS. The number of aryl methyl sites for hydroxylation is 3. The summed E-state index contributed by atoms with van der Waals surface area (Å²) in [6.45, 7) is 12.1. The summed E-state index contributed by atoms with van der Waals surface area (Å²) in [6.07, 6.45) is 1.74. The average molecular weight is 425 g/mol. The van der Waals surface area contributed by atoms with E-state index in [9.17, 15) is 9.18 Å². The zero-order valence-corrected chi connectivity index (χ0v) is 18.4. The van der Waals surface area contributed by atoms with E-state index in [1.54, 1.807) is 18.2 Å². The van der Waals surface area contributed by atoms with Crippen molar-refractivity contribution in [3.8, 4) is 11.4 Å². The second kappa shape index (κ2) is 9.26. The number of aromatic nitrogens is 3. The van der Waals surface area contributed by atoms with Crippen LogP contribution in [0.25, 0.3) is 11.4 Å². The maximum absolute atomic E-state index is 13.3. The van der Waals surface area contributed by atoms with Gasteiger partial charge >= 0.3 is 0 Å². The molecule has 5 nitrogen and oxygen atoms in total. The van der Waals surface area contributed by atoms with Crippen molar-refractivity contribution in [2.75, 3.05) is 5.32 Å². The number of allylic oxidation sites excluding steroid dienone is 1. The van der Waals surface area contributed by atoms with Crippen LogP contribution in [-0.2, 0) is 11.3 Å². The van der Waals surface area contributed by atoms with Crippen LogP contribution in [0.1, 0.15) is 23.6 Å². The van der Waals surface area contributed by atoms with Crippen molar-refractivity contribution in [2.45, 2.75) is 44.6 Å². The summed E-state index contributed by atoms with van der Waals surface area (Å²) in [7, 11) is 0. The van der Waals surface area contributed by atoms with E-state index in [4.69, 9.17) is 0 Å². The molecule has 0 aliphatic heterocycles. The molecule has 0 unspecified atom stereocenters. The molecule has 1 aromatic heterocycles. The molecular weight excluding hydrogens is 399 g/mol. The highest BCUT2D eigenvalue weighted by Crippen LogP contribution is 2.29. The first-order chi connectivity index (χ1) is 14.3. The molecule has 0 bridgehead atoms. The number of nitrogens with zero attached hydrogens (tertiary/aromatic N) is 3. The third-order valence-corrected chi connectivity index (χ3v) is 5.79. The highest BCUT2D eigenvalue weighted by Gasteiger charge is 2.21. The van der Waals surface area contributed by atoms with Crippen LogP contribution in [0.3, 0.4) is 0 Å². The van der Waals surface area contributed by atoms with Crippen LogP contribution in [0.4, 0.5) is 10.1 Å². The quantitative estimate of drug-likeness (QED) is 0.412. The molecule has 0 aliphatic carbocycles. The Balaban J connectivity index is 1.81. The lowest BCUT2D eigenvalue weighted by molar-refractivity contribution is -0.115. The van der Waals surface area contributed by atoms with E-state index < -0.39 is 0 Å². The number of hydrogen-bond donors (Lipinski definition) is 1. The molecule has 0 fully saturated rings. The number of nitrogens with one attached hydrogen (secondary N) is 1. The van der Waals surface area contributed by atoms with E-state index in [1.165, 1.54) is 23.9 Å². The first-order valence-electron chi connectivity index (χ1n) is 9.65. The second-order valence-corrected chi connectivity index (χ2v) is 8.54. The summed E-state index contributed by atoms with van der Waals surface area (Å²) < 4.78 is 15.1. The Morgan fingerprint density at radius 3 is 2.43 bits per heavy atom. The molecule has 2 aromatic carbocycles. The molecule has 1 atom stereocenters. The predicted molar refractivity (Wildman–Crippen MR) is 120 cm³/mol. The van der Waals surface area contributed by atoms with Gasteiger partial charge in [-0.05, 0) is 63.1 Å².